The summed E-state index contributed by atoms with van der Waals surface area (Å²) in [6.45, 7) is 4.55. The topological polar surface area (TPSA) is 107 Å². The lowest BCUT2D eigenvalue weighted by Gasteiger charge is -2.22. The van der Waals surface area contributed by atoms with Crippen LogP contribution in [0.2, 0.25) is 0 Å². The van der Waals surface area contributed by atoms with E-state index in [0.29, 0.717) is 15.0 Å². The van der Waals surface area contributed by atoms with Crippen LogP contribution >= 0.6 is 39.2 Å². The number of anilines is 2. The molecule has 1 saturated carbocycles. The minimum Gasteiger partial charge on any atom is -0.382 e. The van der Waals surface area contributed by atoms with Crippen molar-refractivity contribution in [3.63, 3.8) is 0 Å². The van der Waals surface area contributed by atoms with E-state index < -0.39 is 0 Å². The van der Waals surface area contributed by atoms with Gasteiger partial charge in [-0.2, -0.15) is 0 Å². The van der Waals surface area contributed by atoms with E-state index in [2.05, 4.69) is 44.5 Å². The first kappa shape index (κ1) is 23.1. The predicted molar refractivity (Wildman–Crippen MR) is 124 cm³/mol. The summed E-state index contributed by atoms with van der Waals surface area (Å²) < 4.78 is 4.05. The van der Waals surface area contributed by atoms with Gasteiger partial charge in [0.25, 0.3) is 0 Å². The number of carbonyl (C=O) groups is 1. The van der Waals surface area contributed by atoms with Gasteiger partial charge in [0, 0.05) is 18.0 Å². The number of ketones is 1. The van der Waals surface area contributed by atoms with E-state index in [1.54, 1.807) is 18.3 Å². The molecule has 2 aromatic rings. The Balaban J connectivity index is 0.000000209. The van der Waals surface area contributed by atoms with Crippen LogP contribution in [0.15, 0.2) is 22.9 Å². The Morgan fingerprint density at radius 2 is 2.07 bits per heavy atom. The molecule has 2 heterocycles. The minimum atomic E-state index is -0.230. The summed E-state index contributed by atoms with van der Waals surface area (Å²) in [7, 11) is 0. The maximum absolute atomic E-state index is 12.1. The molecule has 1 fully saturated rings. The smallest absolute Gasteiger partial charge is 0.209 e. The van der Waals surface area contributed by atoms with Crippen molar-refractivity contribution < 1.29 is 4.79 Å². The highest BCUT2D eigenvalue weighted by Crippen LogP contribution is 2.27. The fourth-order valence-corrected chi connectivity index (χ4v) is 4.78. The highest BCUT2D eigenvalue weighted by molar-refractivity contribution is 9.10. The largest absolute Gasteiger partial charge is 0.382 e. The number of nitrogens with zero attached hydrogens (tertiary/aromatic N) is 2. The number of pyridine rings is 1. The molecule has 0 aliphatic heterocycles. The lowest BCUT2D eigenvalue weighted by molar-refractivity contribution is 0.104. The Bertz CT molecular complexity index is 763. The van der Waals surface area contributed by atoms with E-state index in [1.165, 1.54) is 37.9 Å². The van der Waals surface area contributed by atoms with E-state index in [0.717, 1.165) is 23.3 Å². The standard InChI is InChI=1S/C10H21NS.C9H7BrN4OS/c1-9(2)8-12-11-10-6-4-3-5-7-10;10-7-4(2-1-3-13-7)5(15)6-8(11)14-9(12)16-6/h9-11H,3-8H2,1-2H3;1-3H,11H2,(H2,12,14). The third-order valence-corrected chi connectivity index (χ3v) is 7.02. The molecule has 0 spiro atoms. The lowest BCUT2D eigenvalue weighted by atomic mass is 9.96. The van der Waals surface area contributed by atoms with Crippen molar-refractivity contribution in [2.45, 2.75) is 52.0 Å². The van der Waals surface area contributed by atoms with Gasteiger partial charge in [0.15, 0.2) is 5.13 Å². The van der Waals surface area contributed by atoms with Gasteiger partial charge in [0.1, 0.15) is 15.3 Å². The van der Waals surface area contributed by atoms with Gasteiger partial charge < -0.3 is 11.5 Å². The van der Waals surface area contributed by atoms with E-state index >= 15 is 0 Å². The zero-order chi connectivity index (χ0) is 20.5. The molecule has 0 saturated heterocycles. The molecule has 0 aromatic carbocycles. The summed E-state index contributed by atoms with van der Waals surface area (Å²) in [4.78, 5) is 20.2. The number of hydrogen-bond donors (Lipinski definition) is 3. The first-order valence-electron chi connectivity index (χ1n) is 9.42. The Hall–Kier alpha value is -1.16. The number of aromatic nitrogens is 2. The molecule has 0 radical (unpaired) electrons. The number of nitrogen functional groups attached to an aromatic ring is 2. The first-order valence-corrected chi connectivity index (χ1v) is 12.0. The van der Waals surface area contributed by atoms with Gasteiger partial charge in [-0.1, -0.05) is 56.4 Å². The van der Waals surface area contributed by atoms with Gasteiger partial charge in [-0.3, -0.25) is 9.52 Å². The quantitative estimate of drug-likeness (QED) is 0.303. The number of halogens is 1. The number of nitrogens with two attached hydrogens (primary N) is 2. The van der Waals surface area contributed by atoms with Gasteiger partial charge in [-0.25, -0.2) is 9.97 Å². The Labute approximate surface area is 183 Å². The lowest BCUT2D eigenvalue weighted by Crippen LogP contribution is -2.26. The van der Waals surface area contributed by atoms with Crippen molar-refractivity contribution in [3.05, 3.63) is 33.4 Å². The monoisotopic (exact) mass is 485 g/mol. The number of rotatable bonds is 6. The van der Waals surface area contributed by atoms with Gasteiger partial charge in [0.2, 0.25) is 5.78 Å². The molecule has 0 atom stereocenters. The summed E-state index contributed by atoms with van der Waals surface area (Å²) in [6.07, 6.45) is 8.69. The third-order valence-electron chi connectivity index (χ3n) is 4.15. The summed E-state index contributed by atoms with van der Waals surface area (Å²) in [6, 6.07) is 4.15. The molecule has 0 amide bonds. The average Bonchev–Trinajstić information content (AvgIpc) is 3.01. The second-order valence-electron chi connectivity index (χ2n) is 7.10. The molecule has 9 heteroatoms. The fraction of sp³-hybridized carbons (Fsp3) is 0.526. The van der Waals surface area contributed by atoms with E-state index in [-0.39, 0.29) is 16.7 Å². The summed E-state index contributed by atoms with van der Waals surface area (Å²) >= 11 is 6.19. The van der Waals surface area contributed by atoms with Gasteiger partial charge >= 0.3 is 0 Å². The molecule has 0 unspecified atom stereocenters. The predicted octanol–water partition coefficient (Wildman–Crippen LogP) is 4.91. The number of hydrogen-bond acceptors (Lipinski definition) is 8. The van der Waals surface area contributed by atoms with E-state index in [4.69, 9.17) is 11.5 Å². The second-order valence-corrected chi connectivity index (χ2v) is 9.73. The van der Waals surface area contributed by atoms with E-state index in [9.17, 15) is 4.79 Å². The molecule has 154 valence electrons. The Kier molecular flexibility index (Phi) is 9.70. The van der Waals surface area contributed by atoms with Crippen molar-refractivity contribution in [2.75, 3.05) is 17.2 Å². The van der Waals surface area contributed by atoms with Crippen molar-refractivity contribution >= 4 is 55.9 Å². The summed E-state index contributed by atoms with van der Waals surface area (Å²) in [5, 5.41) is 0.279. The number of carbonyl (C=O) groups excluding carboxylic acids is 1. The van der Waals surface area contributed by atoms with Crippen LogP contribution in [-0.2, 0) is 0 Å². The molecular weight excluding hydrogens is 458 g/mol. The highest BCUT2D eigenvalue weighted by Gasteiger charge is 2.19. The third kappa shape index (κ3) is 7.35. The normalized spacial score (nSPS) is 14.6. The zero-order valence-electron chi connectivity index (χ0n) is 16.3. The molecule has 1 aliphatic rings. The maximum Gasteiger partial charge on any atom is 0.209 e. The number of thiazole rings is 1. The van der Waals surface area contributed by atoms with Gasteiger partial charge in [-0.15, -0.1) is 0 Å². The van der Waals surface area contributed by atoms with Crippen LogP contribution in [0.5, 0.6) is 0 Å². The average molecular weight is 487 g/mol. The number of nitrogens with one attached hydrogen (secondary N) is 1. The fourth-order valence-electron chi connectivity index (χ4n) is 2.74. The van der Waals surface area contributed by atoms with Gasteiger partial charge in [-0.05, 0) is 46.8 Å². The Morgan fingerprint density at radius 3 is 2.64 bits per heavy atom. The molecule has 5 N–H and O–H groups in total. The molecule has 28 heavy (non-hydrogen) atoms. The molecular formula is C19H28BrN5OS2. The summed E-state index contributed by atoms with van der Waals surface area (Å²) in [5.74, 6) is 1.98. The maximum atomic E-state index is 12.1. The van der Waals surface area contributed by atoms with Crippen LogP contribution in [0.3, 0.4) is 0 Å². The van der Waals surface area contributed by atoms with Crippen molar-refractivity contribution in [3.8, 4) is 0 Å². The van der Waals surface area contributed by atoms with Crippen molar-refractivity contribution in [2.24, 2.45) is 5.92 Å². The van der Waals surface area contributed by atoms with Crippen LogP contribution < -0.4 is 16.2 Å². The van der Waals surface area contributed by atoms with Crippen molar-refractivity contribution in [1.29, 1.82) is 0 Å². The molecule has 6 nitrogen and oxygen atoms in total. The molecule has 1 aliphatic carbocycles. The van der Waals surface area contributed by atoms with Crippen LogP contribution in [0.25, 0.3) is 0 Å². The molecule has 3 rings (SSSR count). The second kappa shape index (κ2) is 11.7. The zero-order valence-corrected chi connectivity index (χ0v) is 19.5. The van der Waals surface area contributed by atoms with Crippen LogP contribution in [0.4, 0.5) is 10.9 Å². The van der Waals surface area contributed by atoms with E-state index in [1.807, 2.05) is 11.9 Å². The molecule has 0 bridgehead atoms. The first-order chi connectivity index (χ1) is 13.4. The van der Waals surface area contributed by atoms with Crippen LogP contribution in [0.1, 0.15) is 61.2 Å². The minimum absolute atomic E-state index is 0.156. The molecule has 2 aromatic heterocycles. The summed E-state index contributed by atoms with van der Waals surface area (Å²) in [5.41, 5.74) is 11.5. The highest BCUT2D eigenvalue weighted by atomic mass is 79.9. The Morgan fingerprint density at radius 1 is 1.36 bits per heavy atom. The van der Waals surface area contributed by atoms with Crippen LogP contribution in [0, 0.1) is 5.92 Å². The van der Waals surface area contributed by atoms with Crippen molar-refractivity contribution in [1.82, 2.24) is 14.7 Å². The SMILES string of the molecule is CC(C)CSNC1CCCCC1.Nc1nc(N)c(C(=O)c2cccnc2Br)s1. The van der Waals surface area contributed by atoms with Crippen LogP contribution in [-0.4, -0.2) is 27.5 Å². The van der Waals surface area contributed by atoms with Gasteiger partial charge in [0.05, 0.1) is 5.56 Å².